The van der Waals surface area contributed by atoms with Gasteiger partial charge in [-0.1, -0.05) is 12.5 Å². The summed E-state index contributed by atoms with van der Waals surface area (Å²) in [6.45, 7) is 0. The lowest BCUT2D eigenvalue weighted by Gasteiger charge is -2.39. The van der Waals surface area contributed by atoms with Crippen LogP contribution in [0, 0.1) is 5.92 Å². The predicted molar refractivity (Wildman–Crippen MR) is 66.3 cm³/mol. The summed E-state index contributed by atoms with van der Waals surface area (Å²) >= 11 is 0. The molecule has 3 rings (SSSR count). The van der Waals surface area contributed by atoms with Crippen molar-refractivity contribution in [1.29, 1.82) is 0 Å². The van der Waals surface area contributed by atoms with Gasteiger partial charge >= 0.3 is 0 Å². The molecule has 1 heterocycles. The predicted octanol–water partition coefficient (Wildman–Crippen LogP) is 2.65. The topological polar surface area (TPSA) is 44.5 Å². The third-order valence-electron chi connectivity index (χ3n) is 4.06. The van der Waals surface area contributed by atoms with E-state index in [1.807, 2.05) is 18.2 Å². The quantitative estimate of drug-likeness (QED) is 0.854. The summed E-state index contributed by atoms with van der Waals surface area (Å²) in [5.41, 5.74) is 7.34. The summed E-state index contributed by atoms with van der Waals surface area (Å²) in [5, 5.41) is 0. The molecule has 0 aromatic heterocycles. The second kappa shape index (κ2) is 4.22. The minimum atomic E-state index is 0.107. The molecular formula is C14H19NO2. The van der Waals surface area contributed by atoms with Crippen LogP contribution in [0.2, 0.25) is 0 Å². The van der Waals surface area contributed by atoms with Gasteiger partial charge in [-0.3, -0.25) is 0 Å². The number of nitrogens with two attached hydrogens (primary N) is 1. The van der Waals surface area contributed by atoms with Crippen LogP contribution in [-0.4, -0.2) is 13.2 Å². The van der Waals surface area contributed by atoms with Gasteiger partial charge in [-0.15, -0.1) is 0 Å². The Labute approximate surface area is 102 Å². The zero-order chi connectivity index (χ0) is 11.8. The first-order chi connectivity index (χ1) is 8.28. The van der Waals surface area contributed by atoms with Crippen molar-refractivity contribution in [2.75, 3.05) is 7.11 Å². The third kappa shape index (κ3) is 1.89. The molecule has 2 atom stereocenters. The molecule has 2 aliphatic rings. The molecule has 3 heteroatoms. The van der Waals surface area contributed by atoms with Crippen molar-refractivity contribution < 1.29 is 9.47 Å². The van der Waals surface area contributed by atoms with E-state index in [4.69, 9.17) is 15.2 Å². The summed E-state index contributed by atoms with van der Waals surface area (Å²) in [7, 11) is 1.67. The molecule has 2 N–H and O–H groups in total. The van der Waals surface area contributed by atoms with Crippen molar-refractivity contribution in [2.24, 2.45) is 11.7 Å². The highest BCUT2D eigenvalue weighted by atomic mass is 16.5. The molecule has 1 fully saturated rings. The van der Waals surface area contributed by atoms with Gasteiger partial charge in [-0.2, -0.15) is 0 Å². The van der Waals surface area contributed by atoms with Crippen LogP contribution in [0.4, 0.5) is 0 Å². The Morgan fingerprint density at radius 1 is 1.35 bits per heavy atom. The lowest BCUT2D eigenvalue weighted by molar-refractivity contribution is 0.0577. The SMILES string of the molecule is COc1ccc2c(c1)OC(C1CCC1)CC2N. The van der Waals surface area contributed by atoms with Crippen LogP contribution < -0.4 is 15.2 Å². The van der Waals surface area contributed by atoms with E-state index in [0.717, 1.165) is 23.5 Å². The summed E-state index contributed by atoms with van der Waals surface area (Å²) < 4.78 is 11.3. The van der Waals surface area contributed by atoms with Crippen molar-refractivity contribution in [1.82, 2.24) is 0 Å². The second-order valence-electron chi connectivity index (χ2n) is 5.09. The van der Waals surface area contributed by atoms with Crippen LogP contribution in [-0.2, 0) is 0 Å². The van der Waals surface area contributed by atoms with E-state index >= 15 is 0 Å². The van der Waals surface area contributed by atoms with Gasteiger partial charge in [-0.05, 0) is 24.8 Å². The number of methoxy groups -OCH3 is 1. The molecule has 1 aliphatic carbocycles. The normalized spacial score (nSPS) is 27.9. The summed E-state index contributed by atoms with van der Waals surface area (Å²) in [6, 6.07) is 6.04. The Morgan fingerprint density at radius 2 is 2.18 bits per heavy atom. The summed E-state index contributed by atoms with van der Waals surface area (Å²) in [4.78, 5) is 0. The summed E-state index contributed by atoms with van der Waals surface area (Å²) in [6.07, 6.45) is 5.17. The molecule has 0 amide bonds. The van der Waals surface area contributed by atoms with E-state index in [9.17, 15) is 0 Å². The Hall–Kier alpha value is -1.22. The molecule has 0 bridgehead atoms. The molecule has 0 radical (unpaired) electrons. The Bertz CT molecular complexity index is 415. The molecule has 1 aliphatic heterocycles. The van der Waals surface area contributed by atoms with Crippen LogP contribution in [0.1, 0.15) is 37.3 Å². The van der Waals surface area contributed by atoms with E-state index < -0.39 is 0 Å². The molecular weight excluding hydrogens is 214 g/mol. The second-order valence-corrected chi connectivity index (χ2v) is 5.09. The van der Waals surface area contributed by atoms with Crippen molar-refractivity contribution in [3.05, 3.63) is 23.8 Å². The van der Waals surface area contributed by atoms with Gasteiger partial charge < -0.3 is 15.2 Å². The first-order valence-corrected chi connectivity index (χ1v) is 6.38. The lowest BCUT2D eigenvalue weighted by atomic mass is 9.77. The van der Waals surface area contributed by atoms with Crippen LogP contribution in [0.25, 0.3) is 0 Å². The smallest absolute Gasteiger partial charge is 0.128 e. The minimum Gasteiger partial charge on any atom is -0.497 e. The van der Waals surface area contributed by atoms with E-state index in [0.29, 0.717) is 12.0 Å². The largest absolute Gasteiger partial charge is 0.497 e. The average molecular weight is 233 g/mol. The van der Waals surface area contributed by atoms with Crippen molar-refractivity contribution in [3.63, 3.8) is 0 Å². The molecule has 17 heavy (non-hydrogen) atoms. The maximum Gasteiger partial charge on any atom is 0.128 e. The molecule has 1 saturated carbocycles. The zero-order valence-electron chi connectivity index (χ0n) is 10.2. The number of fused-ring (bicyclic) bond motifs is 1. The summed E-state index contributed by atoms with van der Waals surface area (Å²) in [5.74, 6) is 2.46. The van der Waals surface area contributed by atoms with Crippen LogP contribution in [0.5, 0.6) is 11.5 Å². The molecule has 0 spiro atoms. The molecule has 92 valence electrons. The van der Waals surface area contributed by atoms with E-state index in [2.05, 4.69) is 0 Å². The van der Waals surface area contributed by atoms with Gasteiger partial charge in [0.05, 0.1) is 7.11 Å². The Kier molecular flexibility index (Phi) is 2.71. The molecule has 1 aromatic rings. The first-order valence-electron chi connectivity index (χ1n) is 6.38. The van der Waals surface area contributed by atoms with Gasteiger partial charge in [0.25, 0.3) is 0 Å². The van der Waals surface area contributed by atoms with Crippen LogP contribution in [0.15, 0.2) is 18.2 Å². The van der Waals surface area contributed by atoms with Crippen molar-refractivity contribution in [2.45, 2.75) is 37.8 Å². The number of ether oxygens (including phenoxy) is 2. The maximum absolute atomic E-state index is 6.22. The molecule has 3 nitrogen and oxygen atoms in total. The molecule has 0 saturated heterocycles. The van der Waals surface area contributed by atoms with Gasteiger partial charge in [0.15, 0.2) is 0 Å². The van der Waals surface area contributed by atoms with Gasteiger partial charge in [-0.25, -0.2) is 0 Å². The zero-order valence-corrected chi connectivity index (χ0v) is 10.2. The fourth-order valence-corrected chi connectivity index (χ4v) is 2.74. The highest BCUT2D eigenvalue weighted by Crippen LogP contribution is 2.42. The molecule has 2 unspecified atom stereocenters. The minimum absolute atomic E-state index is 0.107. The van der Waals surface area contributed by atoms with E-state index in [1.54, 1.807) is 7.11 Å². The Morgan fingerprint density at radius 3 is 2.82 bits per heavy atom. The van der Waals surface area contributed by atoms with Crippen molar-refractivity contribution in [3.8, 4) is 11.5 Å². The van der Waals surface area contributed by atoms with E-state index in [-0.39, 0.29) is 6.04 Å². The average Bonchev–Trinajstić information content (AvgIpc) is 2.26. The third-order valence-corrected chi connectivity index (χ3v) is 4.06. The number of hydrogen-bond acceptors (Lipinski definition) is 3. The van der Waals surface area contributed by atoms with Gasteiger partial charge in [0, 0.05) is 24.1 Å². The maximum atomic E-state index is 6.22. The Balaban J connectivity index is 1.86. The van der Waals surface area contributed by atoms with Crippen LogP contribution >= 0.6 is 0 Å². The number of benzene rings is 1. The first kappa shape index (κ1) is 10.9. The standard InChI is InChI=1S/C14H19NO2/c1-16-10-5-6-11-12(15)8-13(9-3-2-4-9)17-14(11)7-10/h5-7,9,12-13H,2-4,8,15H2,1H3. The highest BCUT2D eigenvalue weighted by Gasteiger charge is 2.34. The number of hydrogen-bond donors (Lipinski definition) is 1. The van der Waals surface area contributed by atoms with Crippen LogP contribution in [0.3, 0.4) is 0 Å². The fraction of sp³-hybridized carbons (Fsp3) is 0.571. The van der Waals surface area contributed by atoms with E-state index in [1.165, 1.54) is 19.3 Å². The van der Waals surface area contributed by atoms with Crippen molar-refractivity contribution >= 4 is 0 Å². The van der Waals surface area contributed by atoms with Gasteiger partial charge in [0.1, 0.15) is 17.6 Å². The number of rotatable bonds is 2. The lowest BCUT2D eigenvalue weighted by Crippen LogP contribution is -2.38. The fourth-order valence-electron chi connectivity index (χ4n) is 2.74. The van der Waals surface area contributed by atoms with Gasteiger partial charge in [0.2, 0.25) is 0 Å². The monoisotopic (exact) mass is 233 g/mol. The highest BCUT2D eigenvalue weighted by molar-refractivity contribution is 5.43. The molecule has 1 aromatic carbocycles.